The Morgan fingerprint density at radius 2 is 1.44 bits per heavy atom. The highest BCUT2D eigenvalue weighted by atomic mass is 15.3. The molecule has 0 atom stereocenters. The minimum absolute atomic E-state index is 0.817. The van der Waals surface area contributed by atoms with Crippen LogP contribution in [0.1, 0.15) is 42.0 Å². The molecule has 0 saturated carbocycles. The fraction of sp³-hybridized carbons (Fsp3) is 0.333. The van der Waals surface area contributed by atoms with Gasteiger partial charge in [-0.15, -0.1) is 10.2 Å². The molecule has 0 amide bonds. The molecule has 0 radical (unpaired) electrons. The van der Waals surface area contributed by atoms with E-state index in [1.807, 2.05) is 6.92 Å². The van der Waals surface area contributed by atoms with Crippen LogP contribution < -0.4 is 9.80 Å². The maximum Gasteiger partial charge on any atom is 0.157 e. The number of benzene rings is 3. The first kappa shape index (κ1) is 25.4. The Bertz CT molecular complexity index is 1440. The molecule has 39 heavy (non-hydrogen) atoms. The third-order valence-corrected chi connectivity index (χ3v) is 8.14. The number of anilines is 2. The van der Waals surface area contributed by atoms with Crippen LogP contribution in [-0.4, -0.2) is 59.9 Å². The van der Waals surface area contributed by atoms with Crippen LogP contribution in [0.4, 0.5) is 11.4 Å². The van der Waals surface area contributed by atoms with Gasteiger partial charge < -0.3 is 14.7 Å². The van der Waals surface area contributed by atoms with Crippen molar-refractivity contribution in [1.29, 1.82) is 0 Å². The molecule has 4 aromatic rings. The van der Waals surface area contributed by atoms with Crippen molar-refractivity contribution in [3.63, 3.8) is 0 Å². The number of hydrogen-bond donors (Lipinski definition) is 0. The zero-order valence-electron chi connectivity index (χ0n) is 23.3. The molecule has 1 fully saturated rings. The maximum absolute atomic E-state index is 4.44. The van der Waals surface area contributed by atoms with Crippen LogP contribution in [0.3, 0.4) is 0 Å². The zero-order chi connectivity index (χ0) is 26.8. The van der Waals surface area contributed by atoms with Gasteiger partial charge in [0.1, 0.15) is 5.82 Å². The lowest BCUT2D eigenvalue weighted by atomic mass is 9.88. The lowest BCUT2D eigenvalue weighted by Gasteiger charge is -2.33. The van der Waals surface area contributed by atoms with Crippen molar-refractivity contribution in [1.82, 2.24) is 19.7 Å². The van der Waals surface area contributed by atoms with Crippen LogP contribution in [0.25, 0.3) is 11.3 Å². The average molecular weight is 519 g/mol. The first-order valence-electron chi connectivity index (χ1n) is 14.1. The Morgan fingerprint density at radius 1 is 0.769 bits per heavy atom. The number of fused-ring (bicyclic) bond motifs is 3. The monoisotopic (exact) mass is 518 g/mol. The van der Waals surface area contributed by atoms with Gasteiger partial charge in [0.15, 0.2) is 5.82 Å². The van der Waals surface area contributed by atoms with Gasteiger partial charge in [-0.05, 0) is 73.7 Å². The molecule has 2 aliphatic rings. The minimum atomic E-state index is 0.817. The molecule has 3 heterocycles. The van der Waals surface area contributed by atoms with Crippen molar-refractivity contribution in [2.24, 2.45) is 0 Å². The SMILES string of the molecule is Cc1nnc2n1-c1ccccc1N(CCCN1CCC(=C(c3ccccc3)c3ccc(N(C)C)cc3)CC1)C2. The Labute approximate surface area is 232 Å². The summed E-state index contributed by atoms with van der Waals surface area (Å²) in [6, 6.07) is 28.6. The summed E-state index contributed by atoms with van der Waals surface area (Å²) >= 11 is 0. The zero-order valence-corrected chi connectivity index (χ0v) is 23.3. The number of hydrogen-bond acceptors (Lipinski definition) is 5. The van der Waals surface area contributed by atoms with E-state index in [1.165, 1.54) is 33.8 Å². The Kier molecular flexibility index (Phi) is 7.20. The molecule has 2 aliphatic heterocycles. The molecule has 3 aromatic carbocycles. The van der Waals surface area contributed by atoms with Gasteiger partial charge in [0.2, 0.25) is 0 Å². The number of para-hydroxylation sites is 2. The van der Waals surface area contributed by atoms with Gasteiger partial charge in [-0.1, -0.05) is 60.2 Å². The number of aromatic nitrogens is 3. The summed E-state index contributed by atoms with van der Waals surface area (Å²) in [5.41, 5.74) is 9.36. The van der Waals surface area contributed by atoms with E-state index in [-0.39, 0.29) is 0 Å². The predicted molar refractivity (Wildman–Crippen MR) is 161 cm³/mol. The lowest BCUT2D eigenvalue weighted by molar-refractivity contribution is 0.254. The highest BCUT2D eigenvalue weighted by Crippen LogP contribution is 2.34. The average Bonchev–Trinajstić information content (AvgIpc) is 3.35. The first-order valence-corrected chi connectivity index (χ1v) is 14.1. The van der Waals surface area contributed by atoms with Crippen molar-refractivity contribution in [2.75, 3.05) is 50.1 Å². The smallest absolute Gasteiger partial charge is 0.157 e. The van der Waals surface area contributed by atoms with E-state index in [9.17, 15) is 0 Å². The van der Waals surface area contributed by atoms with E-state index < -0.39 is 0 Å². The summed E-state index contributed by atoms with van der Waals surface area (Å²) in [6.45, 7) is 7.23. The topological polar surface area (TPSA) is 40.4 Å². The summed E-state index contributed by atoms with van der Waals surface area (Å²) < 4.78 is 2.20. The normalized spacial score (nSPS) is 15.2. The van der Waals surface area contributed by atoms with Crippen LogP contribution in [0.2, 0.25) is 0 Å². The molecule has 0 aliphatic carbocycles. The van der Waals surface area contributed by atoms with Gasteiger partial charge in [0, 0.05) is 39.4 Å². The van der Waals surface area contributed by atoms with E-state index >= 15 is 0 Å². The van der Waals surface area contributed by atoms with Crippen molar-refractivity contribution < 1.29 is 0 Å². The molecule has 0 unspecified atom stereocenters. The van der Waals surface area contributed by atoms with Gasteiger partial charge in [-0.2, -0.15) is 0 Å². The van der Waals surface area contributed by atoms with Crippen molar-refractivity contribution in [2.45, 2.75) is 32.7 Å². The van der Waals surface area contributed by atoms with Crippen LogP contribution in [0.5, 0.6) is 0 Å². The molecule has 1 saturated heterocycles. The van der Waals surface area contributed by atoms with E-state index in [2.05, 4.69) is 122 Å². The number of likely N-dealkylation sites (tertiary alicyclic amines) is 1. The second-order valence-electron chi connectivity index (χ2n) is 10.9. The second-order valence-corrected chi connectivity index (χ2v) is 10.9. The minimum Gasteiger partial charge on any atom is -0.378 e. The number of nitrogens with zero attached hydrogens (tertiary/aromatic N) is 6. The van der Waals surface area contributed by atoms with Crippen LogP contribution in [0.15, 0.2) is 84.4 Å². The summed E-state index contributed by atoms with van der Waals surface area (Å²) in [4.78, 5) is 7.27. The summed E-state index contributed by atoms with van der Waals surface area (Å²) in [6.07, 6.45) is 3.38. The van der Waals surface area contributed by atoms with Crippen molar-refractivity contribution in [3.05, 3.63) is 107 Å². The molecule has 0 spiro atoms. The quantitative estimate of drug-likeness (QED) is 0.302. The highest BCUT2D eigenvalue weighted by molar-refractivity contribution is 5.83. The molecule has 0 bridgehead atoms. The third-order valence-electron chi connectivity index (χ3n) is 8.14. The third kappa shape index (κ3) is 5.21. The predicted octanol–water partition coefficient (Wildman–Crippen LogP) is 5.95. The van der Waals surface area contributed by atoms with E-state index in [0.29, 0.717) is 0 Å². The van der Waals surface area contributed by atoms with Crippen molar-refractivity contribution >= 4 is 16.9 Å². The standard InChI is InChI=1S/C33H38N6/c1-25-34-35-32-24-38(30-12-7-8-13-31(30)39(25)32)21-9-20-37-22-18-28(19-23-37)33(26-10-5-4-6-11-26)27-14-16-29(17-15-27)36(2)3/h4-8,10-17H,9,18-24H2,1-3H3. The molecular formula is C33H38N6. The van der Waals surface area contributed by atoms with Gasteiger partial charge in [0.05, 0.1) is 17.9 Å². The van der Waals surface area contributed by atoms with Gasteiger partial charge in [-0.3, -0.25) is 4.57 Å². The highest BCUT2D eigenvalue weighted by Gasteiger charge is 2.25. The second kappa shape index (κ2) is 11.1. The summed E-state index contributed by atoms with van der Waals surface area (Å²) in [5.74, 6) is 1.99. The first-order chi connectivity index (χ1) is 19.1. The van der Waals surface area contributed by atoms with Crippen molar-refractivity contribution in [3.8, 4) is 5.69 Å². The van der Waals surface area contributed by atoms with Crippen LogP contribution >= 0.6 is 0 Å². The van der Waals surface area contributed by atoms with Gasteiger partial charge in [0.25, 0.3) is 0 Å². The van der Waals surface area contributed by atoms with Crippen LogP contribution in [-0.2, 0) is 6.54 Å². The molecule has 6 heteroatoms. The molecule has 1 aromatic heterocycles. The molecular weight excluding hydrogens is 480 g/mol. The number of aryl methyl sites for hydroxylation is 1. The fourth-order valence-electron chi connectivity index (χ4n) is 6.09. The van der Waals surface area contributed by atoms with E-state index in [4.69, 9.17) is 0 Å². The molecule has 0 N–H and O–H groups in total. The maximum atomic E-state index is 4.44. The Balaban J connectivity index is 1.12. The molecule has 6 nitrogen and oxygen atoms in total. The Hall–Kier alpha value is -3.90. The lowest BCUT2D eigenvalue weighted by Crippen LogP contribution is -2.35. The van der Waals surface area contributed by atoms with Crippen LogP contribution in [0, 0.1) is 6.92 Å². The van der Waals surface area contributed by atoms with Gasteiger partial charge in [-0.25, -0.2) is 0 Å². The largest absolute Gasteiger partial charge is 0.378 e. The van der Waals surface area contributed by atoms with E-state index in [0.717, 1.165) is 63.6 Å². The van der Waals surface area contributed by atoms with Gasteiger partial charge >= 0.3 is 0 Å². The molecule has 200 valence electrons. The molecule has 6 rings (SSSR count). The summed E-state index contributed by atoms with van der Waals surface area (Å²) in [5, 5.41) is 8.78. The number of rotatable bonds is 7. The number of piperidine rings is 1. The Morgan fingerprint density at radius 3 is 2.15 bits per heavy atom. The fourth-order valence-corrected chi connectivity index (χ4v) is 6.09. The summed E-state index contributed by atoms with van der Waals surface area (Å²) in [7, 11) is 4.19. The van der Waals surface area contributed by atoms with E-state index in [1.54, 1.807) is 5.57 Å².